The van der Waals surface area contributed by atoms with Gasteiger partial charge in [-0.05, 0) is 67.1 Å². The summed E-state index contributed by atoms with van der Waals surface area (Å²) in [5.74, 6) is 0.737. The van der Waals surface area contributed by atoms with Crippen LogP contribution in [0.3, 0.4) is 0 Å². The van der Waals surface area contributed by atoms with Crippen molar-refractivity contribution in [3.63, 3.8) is 0 Å². The molecular weight excluding hydrogens is 433 g/mol. The van der Waals surface area contributed by atoms with E-state index in [0.29, 0.717) is 16.7 Å². The quantitative estimate of drug-likeness (QED) is 0.205. The number of halogens is 2. The second-order valence-electron chi connectivity index (χ2n) is 6.07. The zero-order valence-corrected chi connectivity index (χ0v) is 20.3. The Morgan fingerprint density at radius 1 is 1.10 bits per heavy atom. The molecule has 162 valence electrons. The SMILES string of the molecule is C=C/C=C(\C=C/C)Cc1ccc(SNCCCOc2ccc(Cl)c(Cl)c2)cc1.CC. The van der Waals surface area contributed by atoms with Gasteiger partial charge in [0.05, 0.1) is 16.7 Å². The minimum atomic E-state index is 0.508. The van der Waals surface area contributed by atoms with Crippen molar-refractivity contribution >= 4 is 35.1 Å². The molecule has 0 unspecified atom stereocenters. The highest BCUT2D eigenvalue weighted by atomic mass is 35.5. The minimum absolute atomic E-state index is 0.508. The van der Waals surface area contributed by atoms with Gasteiger partial charge in [0.15, 0.2) is 0 Å². The van der Waals surface area contributed by atoms with E-state index in [9.17, 15) is 0 Å². The van der Waals surface area contributed by atoms with Crippen LogP contribution in [0.2, 0.25) is 10.0 Å². The van der Waals surface area contributed by atoms with E-state index in [1.807, 2.05) is 39.0 Å². The van der Waals surface area contributed by atoms with Crippen molar-refractivity contribution in [1.82, 2.24) is 4.72 Å². The topological polar surface area (TPSA) is 21.3 Å². The summed E-state index contributed by atoms with van der Waals surface area (Å²) in [7, 11) is 0. The molecule has 0 atom stereocenters. The molecule has 30 heavy (non-hydrogen) atoms. The Morgan fingerprint density at radius 2 is 1.83 bits per heavy atom. The molecule has 2 aromatic carbocycles. The molecule has 0 aromatic heterocycles. The molecule has 0 radical (unpaired) electrons. The van der Waals surface area contributed by atoms with Crippen molar-refractivity contribution in [2.45, 2.75) is 38.5 Å². The van der Waals surface area contributed by atoms with E-state index in [2.05, 4.69) is 47.7 Å². The first kappa shape index (κ1) is 26.4. The summed E-state index contributed by atoms with van der Waals surface area (Å²) < 4.78 is 9.04. The molecule has 0 aliphatic rings. The van der Waals surface area contributed by atoms with Crippen molar-refractivity contribution in [1.29, 1.82) is 0 Å². The third-order valence-corrected chi connectivity index (χ3v) is 5.41. The fourth-order valence-corrected chi connectivity index (χ4v) is 3.46. The second kappa shape index (κ2) is 16.1. The van der Waals surface area contributed by atoms with E-state index in [1.165, 1.54) is 16.0 Å². The third kappa shape index (κ3) is 10.4. The maximum atomic E-state index is 5.98. The number of nitrogens with one attached hydrogen (secondary N) is 1. The molecule has 0 aliphatic heterocycles. The fourth-order valence-electron chi connectivity index (χ4n) is 2.49. The molecule has 0 heterocycles. The Balaban J connectivity index is 0.00000218. The minimum Gasteiger partial charge on any atom is -0.493 e. The number of allylic oxidation sites excluding steroid dienone is 5. The summed E-state index contributed by atoms with van der Waals surface area (Å²) in [5, 5.41) is 1.04. The van der Waals surface area contributed by atoms with Crippen LogP contribution in [0.15, 0.2) is 83.8 Å². The summed E-state index contributed by atoms with van der Waals surface area (Å²) in [6.45, 7) is 11.3. The summed E-state index contributed by atoms with van der Waals surface area (Å²) in [4.78, 5) is 1.19. The highest BCUT2D eigenvalue weighted by Gasteiger charge is 2.01. The number of benzene rings is 2. The van der Waals surface area contributed by atoms with Crippen molar-refractivity contribution in [2.24, 2.45) is 0 Å². The molecule has 2 rings (SSSR count). The molecular formula is C25H31Cl2NOS. The second-order valence-corrected chi connectivity index (χ2v) is 7.85. The van der Waals surface area contributed by atoms with Crippen LogP contribution >= 0.6 is 35.1 Å². The van der Waals surface area contributed by atoms with Crippen LogP contribution in [0.4, 0.5) is 0 Å². The Labute approximate surface area is 196 Å². The van der Waals surface area contributed by atoms with Gasteiger partial charge in [0.25, 0.3) is 0 Å². The number of hydrogen-bond donors (Lipinski definition) is 1. The smallest absolute Gasteiger partial charge is 0.120 e. The maximum absolute atomic E-state index is 5.98. The monoisotopic (exact) mass is 463 g/mol. The van der Waals surface area contributed by atoms with Crippen molar-refractivity contribution in [3.05, 3.63) is 94.5 Å². The van der Waals surface area contributed by atoms with Crippen LogP contribution in [-0.2, 0) is 6.42 Å². The molecule has 1 N–H and O–H groups in total. The maximum Gasteiger partial charge on any atom is 0.120 e. The molecule has 2 aromatic rings. The summed E-state index contributed by atoms with van der Waals surface area (Å²) in [5.41, 5.74) is 2.53. The Hall–Kier alpha value is -1.65. The van der Waals surface area contributed by atoms with Gasteiger partial charge in [-0.25, -0.2) is 0 Å². The van der Waals surface area contributed by atoms with Crippen LogP contribution in [0.25, 0.3) is 0 Å². The molecule has 0 saturated heterocycles. The molecule has 0 bridgehead atoms. The van der Waals surface area contributed by atoms with Gasteiger partial charge in [0, 0.05) is 17.5 Å². The van der Waals surface area contributed by atoms with Crippen LogP contribution in [0.5, 0.6) is 5.75 Å². The predicted molar refractivity (Wildman–Crippen MR) is 135 cm³/mol. The van der Waals surface area contributed by atoms with Gasteiger partial charge in [-0.15, -0.1) is 0 Å². The predicted octanol–water partition coefficient (Wildman–Crippen LogP) is 8.32. The molecule has 0 aliphatic carbocycles. The molecule has 0 saturated carbocycles. The van der Waals surface area contributed by atoms with Crippen LogP contribution in [-0.4, -0.2) is 13.2 Å². The number of hydrogen-bond acceptors (Lipinski definition) is 3. The van der Waals surface area contributed by atoms with Gasteiger partial charge < -0.3 is 4.74 Å². The van der Waals surface area contributed by atoms with E-state index in [0.717, 1.165) is 25.1 Å². The van der Waals surface area contributed by atoms with Crippen molar-refractivity contribution < 1.29 is 4.74 Å². The normalized spacial score (nSPS) is 11.2. The lowest BCUT2D eigenvalue weighted by Gasteiger charge is -2.08. The highest BCUT2D eigenvalue weighted by Crippen LogP contribution is 2.26. The molecule has 2 nitrogen and oxygen atoms in total. The van der Waals surface area contributed by atoms with Gasteiger partial charge in [-0.1, -0.05) is 80.1 Å². The lowest BCUT2D eigenvalue weighted by atomic mass is 10.0. The fraction of sp³-hybridized carbons (Fsp3) is 0.280. The van der Waals surface area contributed by atoms with E-state index >= 15 is 0 Å². The van der Waals surface area contributed by atoms with Gasteiger partial charge in [0.2, 0.25) is 0 Å². The highest BCUT2D eigenvalue weighted by molar-refractivity contribution is 7.97. The van der Waals surface area contributed by atoms with Crippen molar-refractivity contribution in [2.75, 3.05) is 13.2 Å². The first-order valence-electron chi connectivity index (χ1n) is 10.1. The van der Waals surface area contributed by atoms with Crippen LogP contribution in [0, 0.1) is 0 Å². The van der Waals surface area contributed by atoms with Gasteiger partial charge in [0.1, 0.15) is 5.75 Å². The summed E-state index contributed by atoms with van der Waals surface area (Å²) in [6, 6.07) is 13.9. The zero-order valence-electron chi connectivity index (χ0n) is 18.0. The van der Waals surface area contributed by atoms with E-state index < -0.39 is 0 Å². The van der Waals surface area contributed by atoms with E-state index in [4.69, 9.17) is 27.9 Å². The van der Waals surface area contributed by atoms with Crippen molar-refractivity contribution in [3.8, 4) is 5.75 Å². The average Bonchev–Trinajstić information content (AvgIpc) is 2.76. The first-order valence-corrected chi connectivity index (χ1v) is 11.7. The Morgan fingerprint density at radius 3 is 2.47 bits per heavy atom. The van der Waals surface area contributed by atoms with E-state index in [-0.39, 0.29) is 0 Å². The lowest BCUT2D eigenvalue weighted by molar-refractivity contribution is 0.312. The number of rotatable bonds is 11. The van der Waals surface area contributed by atoms with E-state index in [1.54, 1.807) is 24.1 Å². The Bertz CT molecular complexity index is 816. The third-order valence-electron chi connectivity index (χ3n) is 3.82. The van der Waals surface area contributed by atoms with Gasteiger partial charge in [-0.2, -0.15) is 0 Å². The van der Waals surface area contributed by atoms with Crippen LogP contribution < -0.4 is 9.46 Å². The largest absolute Gasteiger partial charge is 0.493 e. The van der Waals surface area contributed by atoms with Gasteiger partial charge in [-0.3, -0.25) is 4.72 Å². The standard InChI is InChI=1S/C23H25Cl2NOS.C2H6/c1-3-6-18(7-4-2)16-19-8-11-21(12-9-19)28-26-14-5-15-27-20-10-13-22(24)23(25)17-20;1-2/h3-4,6-13,17,26H,1,5,14-16H2,2H3;1-2H3/b7-4-,18-6+;. The van der Waals surface area contributed by atoms with Crippen LogP contribution in [0.1, 0.15) is 32.8 Å². The summed E-state index contributed by atoms with van der Waals surface area (Å²) >= 11 is 13.5. The number of ether oxygens (including phenoxy) is 1. The molecule has 0 spiro atoms. The average molecular weight is 465 g/mol. The zero-order chi connectivity index (χ0) is 22.2. The summed E-state index contributed by atoms with van der Waals surface area (Å²) in [6.07, 6.45) is 9.84. The van der Waals surface area contributed by atoms with Gasteiger partial charge >= 0.3 is 0 Å². The molecule has 5 heteroatoms. The molecule has 0 fully saturated rings. The first-order chi connectivity index (χ1) is 14.6. The lowest BCUT2D eigenvalue weighted by Crippen LogP contribution is -2.10. The molecule has 0 amide bonds. The Kier molecular flexibility index (Phi) is 14.2.